The van der Waals surface area contributed by atoms with Gasteiger partial charge < -0.3 is 5.32 Å². The lowest BCUT2D eigenvalue weighted by atomic mass is 10.2. The number of benzene rings is 2. The van der Waals surface area contributed by atoms with Crippen LogP contribution in [0.25, 0.3) is 0 Å². The first-order chi connectivity index (χ1) is 9.47. The molecule has 0 saturated carbocycles. The molecule has 0 atom stereocenters. The van der Waals surface area contributed by atoms with Crippen LogP contribution in [0.5, 0.6) is 0 Å². The molecule has 0 amide bonds. The molecule has 20 heavy (non-hydrogen) atoms. The van der Waals surface area contributed by atoms with Gasteiger partial charge >= 0.3 is 11.4 Å². The van der Waals surface area contributed by atoms with Gasteiger partial charge in [0, 0.05) is 28.0 Å². The van der Waals surface area contributed by atoms with Crippen LogP contribution in [-0.4, -0.2) is 9.85 Å². The summed E-state index contributed by atoms with van der Waals surface area (Å²) in [7, 11) is 0. The van der Waals surface area contributed by atoms with Gasteiger partial charge in [0.15, 0.2) is 0 Å². The summed E-state index contributed by atoms with van der Waals surface area (Å²) in [5, 5.41) is 24.5. The second-order valence-electron chi connectivity index (χ2n) is 3.85. The molecule has 0 unspecified atom stereocenters. The SMILES string of the molecule is O=[N+]([O-])c1ccc(Nc2cccc(Br)c2)cc1[N+](=O)[O-]. The molecule has 0 aromatic heterocycles. The highest BCUT2D eigenvalue weighted by Gasteiger charge is 2.24. The third-order valence-electron chi connectivity index (χ3n) is 2.48. The van der Waals surface area contributed by atoms with Crippen molar-refractivity contribution in [2.45, 2.75) is 0 Å². The monoisotopic (exact) mass is 337 g/mol. The van der Waals surface area contributed by atoms with Gasteiger partial charge in [0.2, 0.25) is 0 Å². The van der Waals surface area contributed by atoms with Gasteiger partial charge in [-0.25, -0.2) is 0 Å². The van der Waals surface area contributed by atoms with Crippen molar-refractivity contribution in [1.82, 2.24) is 0 Å². The summed E-state index contributed by atoms with van der Waals surface area (Å²) in [5.74, 6) is 0. The van der Waals surface area contributed by atoms with E-state index in [1.54, 1.807) is 18.2 Å². The van der Waals surface area contributed by atoms with Crippen LogP contribution in [0.2, 0.25) is 0 Å². The van der Waals surface area contributed by atoms with Crippen molar-refractivity contribution >= 4 is 38.7 Å². The summed E-state index contributed by atoms with van der Waals surface area (Å²) in [4.78, 5) is 20.0. The maximum atomic E-state index is 10.9. The third-order valence-corrected chi connectivity index (χ3v) is 2.98. The molecule has 0 aliphatic heterocycles. The van der Waals surface area contributed by atoms with Crippen LogP contribution in [0, 0.1) is 20.2 Å². The van der Waals surface area contributed by atoms with E-state index in [0.717, 1.165) is 16.6 Å². The second kappa shape index (κ2) is 5.66. The van der Waals surface area contributed by atoms with Gasteiger partial charge in [-0.2, -0.15) is 0 Å². The van der Waals surface area contributed by atoms with Gasteiger partial charge in [0.05, 0.1) is 9.85 Å². The molecule has 102 valence electrons. The van der Waals surface area contributed by atoms with Crippen molar-refractivity contribution in [3.63, 3.8) is 0 Å². The number of hydrogen-bond acceptors (Lipinski definition) is 5. The van der Waals surface area contributed by atoms with Gasteiger partial charge in [-0.1, -0.05) is 22.0 Å². The van der Waals surface area contributed by atoms with E-state index in [2.05, 4.69) is 21.2 Å². The lowest BCUT2D eigenvalue weighted by Crippen LogP contribution is -1.98. The van der Waals surface area contributed by atoms with Gasteiger partial charge in [0.25, 0.3) is 0 Å². The number of rotatable bonds is 4. The fraction of sp³-hybridized carbons (Fsp3) is 0. The van der Waals surface area contributed by atoms with Crippen LogP contribution in [0.1, 0.15) is 0 Å². The van der Waals surface area contributed by atoms with E-state index < -0.39 is 21.2 Å². The molecule has 7 nitrogen and oxygen atoms in total. The maximum absolute atomic E-state index is 10.9. The molecule has 0 spiro atoms. The Kier molecular flexibility index (Phi) is 3.94. The normalized spacial score (nSPS) is 10.1. The molecule has 8 heteroatoms. The van der Waals surface area contributed by atoms with E-state index in [1.807, 2.05) is 6.07 Å². The first-order valence-electron chi connectivity index (χ1n) is 5.43. The minimum atomic E-state index is -0.777. The minimum absolute atomic E-state index is 0.403. The molecule has 2 rings (SSSR count). The van der Waals surface area contributed by atoms with Crippen molar-refractivity contribution in [2.24, 2.45) is 0 Å². The molecule has 0 fully saturated rings. The first-order valence-corrected chi connectivity index (χ1v) is 6.22. The second-order valence-corrected chi connectivity index (χ2v) is 4.77. The highest BCUT2D eigenvalue weighted by molar-refractivity contribution is 9.10. The molecule has 2 aromatic carbocycles. The Balaban J connectivity index is 2.36. The quantitative estimate of drug-likeness (QED) is 0.671. The van der Waals surface area contributed by atoms with E-state index in [0.29, 0.717) is 11.4 Å². The lowest BCUT2D eigenvalue weighted by Gasteiger charge is -2.06. The average molecular weight is 338 g/mol. The van der Waals surface area contributed by atoms with E-state index in [-0.39, 0.29) is 0 Å². The highest BCUT2D eigenvalue weighted by Crippen LogP contribution is 2.31. The Morgan fingerprint density at radius 1 is 0.900 bits per heavy atom. The summed E-state index contributed by atoms with van der Waals surface area (Å²) in [5.41, 5.74) is 0.0349. The van der Waals surface area contributed by atoms with Crippen molar-refractivity contribution in [3.8, 4) is 0 Å². The van der Waals surface area contributed by atoms with E-state index in [4.69, 9.17) is 0 Å². The third kappa shape index (κ3) is 3.09. The van der Waals surface area contributed by atoms with Crippen LogP contribution >= 0.6 is 15.9 Å². The summed E-state index contributed by atoms with van der Waals surface area (Å²) < 4.78 is 0.846. The van der Waals surface area contributed by atoms with Crippen molar-refractivity contribution in [1.29, 1.82) is 0 Å². The number of nitro benzene ring substituents is 2. The summed E-state index contributed by atoms with van der Waals surface area (Å²) in [6.45, 7) is 0. The number of nitro groups is 2. The van der Waals surface area contributed by atoms with Gasteiger partial charge in [0.1, 0.15) is 0 Å². The predicted molar refractivity (Wildman–Crippen MR) is 77.2 cm³/mol. The van der Waals surface area contributed by atoms with E-state index in [1.165, 1.54) is 6.07 Å². The zero-order chi connectivity index (χ0) is 14.7. The van der Waals surface area contributed by atoms with Crippen LogP contribution < -0.4 is 5.32 Å². The number of hydrogen-bond donors (Lipinski definition) is 1. The van der Waals surface area contributed by atoms with Gasteiger partial charge in [-0.15, -0.1) is 0 Å². The Morgan fingerprint density at radius 2 is 1.55 bits per heavy atom. The first kappa shape index (κ1) is 13.9. The zero-order valence-electron chi connectivity index (χ0n) is 9.95. The van der Waals surface area contributed by atoms with Crippen molar-refractivity contribution in [2.75, 3.05) is 5.32 Å². The number of nitrogens with one attached hydrogen (secondary N) is 1. The molecule has 0 heterocycles. The minimum Gasteiger partial charge on any atom is -0.355 e. The maximum Gasteiger partial charge on any atom is 0.348 e. The smallest absolute Gasteiger partial charge is 0.348 e. The molecule has 0 bridgehead atoms. The number of halogens is 1. The van der Waals surface area contributed by atoms with E-state index >= 15 is 0 Å². The predicted octanol–water partition coefficient (Wildman–Crippen LogP) is 4.01. The largest absolute Gasteiger partial charge is 0.355 e. The Hall–Kier alpha value is -2.48. The topological polar surface area (TPSA) is 98.3 Å². The zero-order valence-corrected chi connectivity index (χ0v) is 11.5. The van der Waals surface area contributed by atoms with Crippen LogP contribution in [-0.2, 0) is 0 Å². The summed E-state index contributed by atoms with van der Waals surface area (Å²) >= 11 is 3.31. The van der Waals surface area contributed by atoms with Crippen molar-refractivity contribution in [3.05, 3.63) is 67.2 Å². The molecule has 0 radical (unpaired) electrons. The van der Waals surface area contributed by atoms with Crippen LogP contribution in [0.4, 0.5) is 22.7 Å². The number of anilines is 2. The molecule has 0 saturated heterocycles. The fourth-order valence-corrected chi connectivity index (χ4v) is 2.03. The van der Waals surface area contributed by atoms with E-state index in [9.17, 15) is 20.2 Å². The molecule has 1 N–H and O–H groups in total. The standard InChI is InChI=1S/C12H8BrN3O4/c13-8-2-1-3-9(6-8)14-10-4-5-11(15(17)18)12(7-10)16(19)20/h1-7,14H. The average Bonchev–Trinajstić information content (AvgIpc) is 2.38. The molecule has 0 aliphatic carbocycles. The summed E-state index contributed by atoms with van der Waals surface area (Å²) in [6, 6.07) is 10.9. The molecular formula is C12H8BrN3O4. The van der Waals surface area contributed by atoms with Crippen LogP contribution in [0.3, 0.4) is 0 Å². The van der Waals surface area contributed by atoms with Crippen LogP contribution in [0.15, 0.2) is 46.9 Å². The summed E-state index contributed by atoms with van der Waals surface area (Å²) in [6.07, 6.45) is 0. The Bertz CT molecular complexity index is 690. The van der Waals surface area contributed by atoms with Gasteiger partial charge in [-0.05, 0) is 24.3 Å². The number of nitrogens with zero attached hydrogens (tertiary/aromatic N) is 2. The van der Waals surface area contributed by atoms with Gasteiger partial charge in [-0.3, -0.25) is 20.2 Å². The Labute approximate surface area is 121 Å². The molecule has 2 aromatic rings. The Morgan fingerprint density at radius 3 is 2.15 bits per heavy atom. The highest BCUT2D eigenvalue weighted by atomic mass is 79.9. The molecular weight excluding hydrogens is 330 g/mol. The molecule has 0 aliphatic rings. The fourth-order valence-electron chi connectivity index (χ4n) is 1.63. The van der Waals surface area contributed by atoms with Crippen molar-refractivity contribution < 1.29 is 9.85 Å². The lowest BCUT2D eigenvalue weighted by molar-refractivity contribution is -0.422.